The maximum Gasteiger partial charge on any atom is 0.227 e. The number of rotatable bonds is 6. The third kappa shape index (κ3) is 4.81. The van der Waals surface area contributed by atoms with E-state index >= 15 is 0 Å². The summed E-state index contributed by atoms with van der Waals surface area (Å²) in [5, 5.41) is 8.15. The Kier molecular flexibility index (Phi) is 5.45. The standard InChI is InChI=1S/C13H15N3OS3/c1-8-3-9(2)5-10(4-8)6-18-12-15-16-13(20-12)19-7-11(14)17/h3-5H,6-7H2,1-2H3,(H2,14,17). The van der Waals surface area contributed by atoms with Gasteiger partial charge in [0.05, 0.1) is 5.75 Å². The van der Waals surface area contributed by atoms with Crippen LogP contribution in [-0.4, -0.2) is 21.9 Å². The van der Waals surface area contributed by atoms with Gasteiger partial charge in [0, 0.05) is 5.75 Å². The van der Waals surface area contributed by atoms with Gasteiger partial charge in [0.25, 0.3) is 0 Å². The first-order chi connectivity index (χ1) is 9.52. The van der Waals surface area contributed by atoms with Crippen LogP contribution in [0.1, 0.15) is 16.7 Å². The summed E-state index contributed by atoms with van der Waals surface area (Å²) in [6, 6.07) is 6.53. The third-order valence-electron chi connectivity index (χ3n) is 2.37. The minimum Gasteiger partial charge on any atom is -0.369 e. The Labute approximate surface area is 130 Å². The predicted octanol–water partition coefficient (Wildman–Crippen LogP) is 3.02. The molecule has 2 rings (SSSR count). The van der Waals surface area contributed by atoms with Crippen molar-refractivity contribution in [2.45, 2.75) is 28.3 Å². The molecule has 0 saturated carbocycles. The molecule has 106 valence electrons. The maximum absolute atomic E-state index is 10.7. The monoisotopic (exact) mass is 325 g/mol. The summed E-state index contributed by atoms with van der Waals surface area (Å²) < 4.78 is 1.70. The van der Waals surface area contributed by atoms with Crippen molar-refractivity contribution in [1.82, 2.24) is 10.2 Å². The zero-order valence-corrected chi connectivity index (χ0v) is 13.7. The summed E-state index contributed by atoms with van der Waals surface area (Å²) in [6.07, 6.45) is 0. The number of benzene rings is 1. The Morgan fingerprint density at radius 3 is 2.35 bits per heavy atom. The van der Waals surface area contributed by atoms with Gasteiger partial charge >= 0.3 is 0 Å². The van der Waals surface area contributed by atoms with Crippen molar-refractivity contribution in [2.24, 2.45) is 5.73 Å². The van der Waals surface area contributed by atoms with Crippen molar-refractivity contribution >= 4 is 40.8 Å². The number of aryl methyl sites for hydroxylation is 2. The van der Waals surface area contributed by atoms with E-state index in [2.05, 4.69) is 42.2 Å². The molecule has 0 bridgehead atoms. The zero-order chi connectivity index (χ0) is 14.5. The van der Waals surface area contributed by atoms with E-state index < -0.39 is 0 Å². The van der Waals surface area contributed by atoms with Gasteiger partial charge in [-0.05, 0) is 19.4 Å². The minimum atomic E-state index is -0.338. The van der Waals surface area contributed by atoms with E-state index in [0.29, 0.717) is 0 Å². The SMILES string of the molecule is Cc1cc(C)cc(CSc2nnc(SCC(N)=O)s2)c1. The number of amides is 1. The van der Waals surface area contributed by atoms with Gasteiger partial charge in [0.15, 0.2) is 8.68 Å². The Bertz CT molecular complexity index is 592. The Hall–Kier alpha value is -1.05. The van der Waals surface area contributed by atoms with Crippen molar-refractivity contribution in [3.8, 4) is 0 Å². The van der Waals surface area contributed by atoms with Gasteiger partial charge in [-0.3, -0.25) is 4.79 Å². The maximum atomic E-state index is 10.7. The molecule has 0 radical (unpaired) electrons. The first kappa shape index (κ1) is 15.3. The second kappa shape index (κ2) is 7.10. The smallest absolute Gasteiger partial charge is 0.227 e. The largest absolute Gasteiger partial charge is 0.369 e. The van der Waals surface area contributed by atoms with E-state index in [-0.39, 0.29) is 11.7 Å². The molecule has 0 atom stereocenters. The lowest BCUT2D eigenvalue weighted by Crippen LogP contribution is -2.12. The quantitative estimate of drug-likeness (QED) is 0.827. The molecule has 0 fully saturated rings. The van der Waals surface area contributed by atoms with E-state index in [4.69, 9.17) is 5.73 Å². The topological polar surface area (TPSA) is 68.9 Å². The number of primary amides is 1. The highest BCUT2D eigenvalue weighted by Gasteiger charge is 2.07. The Morgan fingerprint density at radius 1 is 1.15 bits per heavy atom. The molecule has 0 unspecified atom stereocenters. The number of hydrogen-bond donors (Lipinski definition) is 1. The number of hydrogen-bond acceptors (Lipinski definition) is 6. The molecular weight excluding hydrogens is 310 g/mol. The summed E-state index contributed by atoms with van der Waals surface area (Å²) in [4.78, 5) is 10.7. The number of aromatic nitrogens is 2. The molecule has 1 heterocycles. The molecule has 2 aromatic rings. The lowest BCUT2D eigenvalue weighted by atomic mass is 10.1. The van der Waals surface area contributed by atoms with Crippen molar-refractivity contribution in [2.75, 3.05) is 5.75 Å². The minimum absolute atomic E-state index is 0.246. The lowest BCUT2D eigenvalue weighted by Gasteiger charge is -2.03. The van der Waals surface area contributed by atoms with Crippen LogP contribution in [-0.2, 0) is 10.5 Å². The van der Waals surface area contributed by atoms with Crippen molar-refractivity contribution < 1.29 is 4.79 Å². The zero-order valence-electron chi connectivity index (χ0n) is 11.3. The fourth-order valence-electron chi connectivity index (χ4n) is 1.74. The first-order valence-corrected chi connectivity index (χ1v) is 8.76. The molecule has 7 heteroatoms. The molecule has 0 aliphatic heterocycles. The Morgan fingerprint density at radius 2 is 1.75 bits per heavy atom. The molecule has 4 nitrogen and oxygen atoms in total. The molecule has 0 aliphatic carbocycles. The normalized spacial score (nSPS) is 10.7. The molecule has 1 aromatic heterocycles. The van der Waals surface area contributed by atoms with Gasteiger partial charge in [-0.25, -0.2) is 0 Å². The van der Waals surface area contributed by atoms with E-state index in [0.717, 1.165) is 14.4 Å². The van der Waals surface area contributed by atoms with Crippen molar-refractivity contribution in [1.29, 1.82) is 0 Å². The van der Waals surface area contributed by atoms with Crippen LogP contribution < -0.4 is 5.73 Å². The summed E-state index contributed by atoms with van der Waals surface area (Å²) in [6.45, 7) is 4.20. The van der Waals surface area contributed by atoms with Gasteiger partial charge in [-0.1, -0.05) is 64.2 Å². The second-order valence-electron chi connectivity index (χ2n) is 4.37. The van der Waals surface area contributed by atoms with Crippen LogP contribution in [0.2, 0.25) is 0 Å². The molecule has 0 saturated heterocycles. The van der Waals surface area contributed by atoms with Crippen LogP contribution in [0.25, 0.3) is 0 Å². The molecule has 0 aliphatic rings. The molecule has 1 aromatic carbocycles. The molecule has 0 spiro atoms. The van der Waals surface area contributed by atoms with E-state index in [9.17, 15) is 4.79 Å². The highest BCUT2D eigenvalue weighted by Crippen LogP contribution is 2.30. The van der Waals surface area contributed by atoms with E-state index in [1.54, 1.807) is 11.8 Å². The predicted molar refractivity (Wildman–Crippen MR) is 85.3 cm³/mol. The van der Waals surface area contributed by atoms with Gasteiger partial charge in [0.2, 0.25) is 5.91 Å². The molecule has 2 N–H and O–H groups in total. The summed E-state index contributed by atoms with van der Waals surface area (Å²) in [5.41, 5.74) is 8.94. The van der Waals surface area contributed by atoms with Crippen LogP contribution in [0, 0.1) is 13.8 Å². The Balaban J connectivity index is 1.92. The van der Waals surface area contributed by atoms with E-state index in [1.807, 2.05) is 0 Å². The number of nitrogens with zero attached hydrogens (tertiary/aromatic N) is 2. The van der Waals surface area contributed by atoms with Gasteiger partial charge in [-0.15, -0.1) is 10.2 Å². The number of carbonyl (C=O) groups is 1. The molecular formula is C13H15N3OS3. The average molecular weight is 325 g/mol. The van der Waals surface area contributed by atoms with Crippen LogP contribution >= 0.6 is 34.9 Å². The van der Waals surface area contributed by atoms with Gasteiger partial charge in [0.1, 0.15) is 0 Å². The van der Waals surface area contributed by atoms with Gasteiger partial charge < -0.3 is 5.73 Å². The van der Waals surface area contributed by atoms with Crippen molar-refractivity contribution in [3.63, 3.8) is 0 Å². The fraction of sp³-hybridized carbons (Fsp3) is 0.308. The molecule has 1 amide bonds. The average Bonchev–Trinajstić information content (AvgIpc) is 2.81. The van der Waals surface area contributed by atoms with Gasteiger partial charge in [-0.2, -0.15) is 0 Å². The molecule has 20 heavy (non-hydrogen) atoms. The summed E-state index contributed by atoms with van der Waals surface area (Å²) in [5.74, 6) is 0.781. The highest BCUT2D eigenvalue weighted by atomic mass is 32.2. The third-order valence-corrected chi connectivity index (χ3v) is 5.65. The number of carbonyl (C=O) groups excluding carboxylic acids is 1. The van der Waals surface area contributed by atoms with Crippen LogP contribution in [0.4, 0.5) is 0 Å². The number of nitrogens with two attached hydrogens (primary N) is 1. The van der Waals surface area contributed by atoms with Crippen LogP contribution in [0.3, 0.4) is 0 Å². The number of thioether (sulfide) groups is 2. The first-order valence-electron chi connectivity index (χ1n) is 5.97. The highest BCUT2D eigenvalue weighted by molar-refractivity contribution is 8.03. The summed E-state index contributed by atoms with van der Waals surface area (Å²) >= 11 is 4.49. The lowest BCUT2D eigenvalue weighted by molar-refractivity contribution is -0.115. The fourth-order valence-corrected chi connectivity index (χ4v) is 4.43. The van der Waals surface area contributed by atoms with Crippen LogP contribution in [0.5, 0.6) is 0 Å². The van der Waals surface area contributed by atoms with Crippen molar-refractivity contribution in [3.05, 3.63) is 34.9 Å². The van der Waals surface area contributed by atoms with Crippen LogP contribution in [0.15, 0.2) is 26.9 Å². The summed E-state index contributed by atoms with van der Waals surface area (Å²) in [7, 11) is 0. The van der Waals surface area contributed by atoms with E-state index in [1.165, 1.54) is 39.8 Å². The second-order valence-corrected chi connectivity index (χ2v) is 7.80.